The number of carbonyl (C=O) groups is 2. The second-order valence-corrected chi connectivity index (χ2v) is 6.77. The van der Waals surface area contributed by atoms with Crippen LogP contribution in [0.25, 0.3) is 0 Å². The minimum absolute atomic E-state index is 0.00550. The van der Waals surface area contributed by atoms with Gasteiger partial charge in [-0.1, -0.05) is 22.4 Å². The molecular weight excluding hydrogens is 396 g/mol. The predicted octanol–water partition coefficient (Wildman–Crippen LogP) is 4.39. The van der Waals surface area contributed by atoms with Gasteiger partial charge in [0.2, 0.25) is 5.91 Å². The smallest absolute Gasteiger partial charge is 0.251 e. The first-order chi connectivity index (χ1) is 12.6. The molecule has 0 saturated carbocycles. The molecule has 0 aliphatic heterocycles. The Morgan fingerprint density at radius 1 is 0.962 bits per heavy atom. The Bertz CT molecular complexity index is 715. The lowest BCUT2D eigenvalue weighted by Crippen LogP contribution is -2.24. The van der Waals surface area contributed by atoms with Crippen LogP contribution in [-0.2, 0) is 4.79 Å². The van der Waals surface area contributed by atoms with Gasteiger partial charge in [0.15, 0.2) is 0 Å². The highest BCUT2D eigenvalue weighted by molar-refractivity contribution is 9.10. The van der Waals surface area contributed by atoms with E-state index in [9.17, 15) is 9.59 Å². The van der Waals surface area contributed by atoms with Crippen LogP contribution in [0.2, 0.25) is 0 Å². The molecule has 2 N–H and O–H groups in total. The molecule has 6 heteroatoms. The molecule has 0 heterocycles. The Morgan fingerprint density at radius 3 is 2.31 bits per heavy atom. The van der Waals surface area contributed by atoms with Gasteiger partial charge < -0.3 is 15.4 Å². The summed E-state index contributed by atoms with van der Waals surface area (Å²) in [6.07, 6.45) is 2.98. The van der Waals surface area contributed by atoms with Gasteiger partial charge in [0.1, 0.15) is 5.75 Å². The van der Waals surface area contributed by atoms with Gasteiger partial charge in [-0.3, -0.25) is 9.59 Å². The summed E-state index contributed by atoms with van der Waals surface area (Å²) in [6, 6.07) is 14.5. The maximum absolute atomic E-state index is 11.9. The first-order valence-corrected chi connectivity index (χ1v) is 9.35. The molecule has 5 nitrogen and oxygen atoms in total. The third-order valence-electron chi connectivity index (χ3n) is 3.85. The molecule has 0 unspecified atom stereocenters. The topological polar surface area (TPSA) is 67.4 Å². The fraction of sp³-hybridized carbons (Fsp3) is 0.300. The highest BCUT2D eigenvalue weighted by Crippen LogP contribution is 2.15. The summed E-state index contributed by atoms with van der Waals surface area (Å²) in [5.74, 6) is 0.678. The number of nitrogens with one attached hydrogen (secondary N) is 2. The summed E-state index contributed by atoms with van der Waals surface area (Å²) in [7, 11) is 1.61. The number of amides is 2. The second-order valence-electron chi connectivity index (χ2n) is 5.85. The summed E-state index contributed by atoms with van der Waals surface area (Å²) in [5, 5.41) is 5.75. The minimum atomic E-state index is -0.0743. The Labute approximate surface area is 162 Å². The van der Waals surface area contributed by atoms with E-state index in [1.54, 1.807) is 19.2 Å². The predicted molar refractivity (Wildman–Crippen MR) is 107 cm³/mol. The number of methoxy groups -OCH3 is 1. The number of hydrogen-bond donors (Lipinski definition) is 2. The van der Waals surface area contributed by atoms with E-state index in [0.717, 1.165) is 35.2 Å². The van der Waals surface area contributed by atoms with Crippen molar-refractivity contribution in [2.24, 2.45) is 0 Å². The van der Waals surface area contributed by atoms with Crippen LogP contribution in [0.1, 0.15) is 36.0 Å². The quantitative estimate of drug-likeness (QED) is 0.593. The average Bonchev–Trinajstić information content (AvgIpc) is 2.65. The SMILES string of the molecule is COc1ccc(NC(=O)CCCCCNC(=O)c2ccc(Br)cc2)cc1. The number of ether oxygens (including phenoxy) is 1. The number of halogens is 1. The number of carbonyl (C=O) groups excluding carboxylic acids is 2. The Hall–Kier alpha value is -2.34. The van der Waals surface area contributed by atoms with Crippen LogP contribution in [0.5, 0.6) is 5.75 Å². The zero-order valence-corrected chi connectivity index (χ0v) is 16.3. The van der Waals surface area contributed by atoms with E-state index in [2.05, 4.69) is 26.6 Å². The van der Waals surface area contributed by atoms with Crippen molar-refractivity contribution < 1.29 is 14.3 Å². The standard InChI is InChI=1S/C20H23BrN2O3/c1-26-18-12-10-17(11-13-18)23-19(24)5-3-2-4-14-22-20(25)15-6-8-16(21)9-7-15/h6-13H,2-5,14H2,1H3,(H,22,25)(H,23,24). The first-order valence-electron chi connectivity index (χ1n) is 8.56. The van der Waals surface area contributed by atoms with Crippen LogP contribution in [0.3, 0.4) is 0 Å². The highest BCUT2D eigenvalue weighted by Gasteiger charge is 2.05. The monoisotopic (exact) mass is 418 g/mol. The van der Waals surface area contributed by atoms with Gasteiger partial charge in [-0.15, -0.1) is 0 Å². The van der Waals surface area contributed by atoms with E-state index in [1.165, 1.54) is 0 Å². The van der Waals surface area contributed by atoms with Crippen molar-refractivity contribution in [3.05, 3.63) is 58.6 Å². The third kappa shape index (κ3) is 6.88. The molecule has 0 fully saturated rings. The summed E-state index contributed by atoms with van der Waals surface area (Å²) < 4.78 is 6.03. The largest absolute Gasteiger partial charge is 0.497 e. The number of unbranched alkanes of at least 4 members (excludes halogenated alkanes) is 2. The Balaban J connectivity index is 1.57. The summed E-state index contributed by atoms with van der Waals surface area (Å²) in [6.45, 7) is 0.606. The van der Waals surface area contributed by atoms with Crippen LogP contribution >= 0.6 is 15.9 Å². The second kappa shape index (κ2) is 10.6. The summed E-state index contributed by atoms with van der Waals surface area (Å²) >= 11 is 3.34. The van der Waals surface area contributed by atoms with Crippen molar-refractivity contribution in [1.29, 1.82) is 0 Å². The van der Waals surface area contributed by atoms with Gasteiger partial charge in [-0.05, 0) is 61.4 Å². The van der Waals surface area contributed by atoms with Crippen LogP contribution < -0.4 is 15.4 Å². The van der Waals surface area contributed by atoms with Crippen molar-refractivity contribution in [3.8, 4) is 5.75 Å². The van der Waals surface area contributed by atoms with Crippen molar-refractivity contribution in [1.82, 2.24) is 5.32 Å². The minimum Gasteiger partial charge on any atom is -0.497 e. The molecule has 0 saturated heterocycles. The number of hydrogen-bond acceptors (Lipinski definition) is 3. The lowest BCUT2D eigenvalue weighted by atomic mass is 10.1. The molecule has 0 aliphatic carbocycles. The van der Waals surface area contributed by atoms with Crippen molar-refractivity contribution in [2.75, 3.05) is 19.0 Å². The van der Waals surface area contributed by atoms with Crippen molar-refractivity contribution in [3.63, 3.8) is 0 Å². The number of benzene rings is 2. The number of anilines is 1. The van der Waals surface area contributed by atoms with Gasteiger partial charge in [-0.25, -0.2) is 0 Å². The van der Waals surface area contributed by atoms with Crippen LogP contribution in [-0.4, -0.2) is 25.5 Å². The van der Waals surface area contributed by atoms with Gasteiger partial charge >= 0.3 is 0 Å². The Morgan fingerprint density at radius 2 is 1.65 bits per heavy atom. The van der Waals surface area contributed by atoms with E-state index in [0.29, 0.717) is 18.5 Å². The fourth-order valence-corrected chi connectivity index (χ4v) is 2.65. The molecule has 2 aromatic carbocycles. The fourth-order valence-electron chi connectivity index (χ4n) is 2.39. The molecule has 138 valence electrons. The molecule has 0 radical (unpaired) electrons. The van der Waals surface area contributed by atoms with Gasteiger partial charge in [-0.2, -0.15) is 0 Å². The van der Waals surface area contributed by atoms with Gasteiger partial charge in [0, 0.05) is 28.7 Å². The lowest BCUT2D eigenvalue weighted by Gasteiger charge is -2.07. The molecule has 0 bridgehead atoms. The molecular formula is C20H23BrN2O3. The zero-order valence-electron chi connectivity index (χ0n) is 14.8. The Kier molecular flexibility index (Phi) is 8.15. The van der Waals surface area contributed by atoms with E-state index >= 15 is 0 Å². The zero-order chi connectivity index (χ0) is 18.8. The third-order valence-corrected chi connectivity index (χ3v) is 4.38. The molecule has 2 rings (SSSR count). The van der Waals surface area contributed by atoms with Crippen LogP contribution in [0.4, 0.5) is 5.69 Å². The molecule has 2 aromatic rings. The molecule has 2 amide bonds. The lowest BCUT2D eigenvalue weighted by molar-refractivity contribution is -0.116. The summed E-state index contributed by atoms with van der Waals surface area (Å²) in [4.78, 5) is 23.9. The van der Waals surface area contributed by atoms with Crippen molar-refractivity contribution in [2.45, 2.75) is 25.7 Å². The van der Waals surface area contributed by atoms with E-state index in [4.69, 9.17) is 4.74 Å². The molecule has 26 heavy (non-hydrogen) atoms. The van der Waals surface area contributed by atoms with Crippen LogP contribution in [0, 0.1) is 0 Å². The normalized spacial score (nSPS) is 10.2. The number of rotatable bonds is 9. The van der Waals surface area contributed by atoms with E-state index in [-0.39, 0.29) is 11.8 Å². The van der Waals surface area contributed by atoms with Gasteiger partial charge in [0.25, 0.3) is 5.91 Å². The molecule has 0 aliphatic rings. The molecule has 0 aromatic heterocycles. The first kappa shape index (κ1) is 20.0. The van der Waals surface area contributed by atoms with E-state index < -0.39 is 0 Å². The summed E-state index contributed by atoms with van der Waals surface area (Å²) in [5.41, 5.74) is 1.41. The van der Waals surface area contributed by atoms with Crippen LogP contribution in [0.15, 0.2) is 53.0 Å². The van der Waals surface area contributed by atoms with Crippen molar-refractivity contribution >= 4 is 33.4 Å². The van der Waals surface area contributed by atoms with E-state index in [1.807, 2.05) is 36.4 Å². The maximum atomic E-state index is 11.9. The molecule has 0 atom stereocenters. The average molecular weight is 419 g/mol. The highest BCUT2D eigenvalue weighted by atomic mass is 79.9. The molecule has 0 spiro atoms. The van der Waals surface area contributed by atoms with Gasteiger partial charge in [0.05, 0.1) is 7.11 Å². The maximum Gasteiger partial charge on any atom is 0.251 e.